The van der Waals surface area contributed by atoms with Crippen LogP contribution in [-0.4, -0.2) is 31.7 Å². The van der Waals surface area contributed by atoms with Gasteiger partial charge in [0.1, 0.15) is 0 Å². The lowest BCUT2D eigenvalue weighted by atomic mass is 10.1. The average Bonchev–Trinajstić information content (AvgIpc) is 2.56. The van der Waals surface area contributed by atoms with E-state index in [0.717, 1.165) is 18.7 Å². The van der Waals surface area contributed by atoms with Crippen LogP contribution in [0.2, 0.25) is 18.1 Å². The second kappa shape index (κ2) is 14.5. The standard InChI is InChI=1S/C22H49NOSSi/c1-8-10-11-12-13-14-15-16-17-18-19-23(21(9-2)20-25)24-26(6,7)22(3,4)5/h21,25H,8-20H2,1-7H3. The number of nitrogens with zero attached hydrogens (tertiary/aromatic N) is 1. The fourth-order valence-corrected chi connectivity index (χ4v) is 4.45. The predicted molar refractivity (Wildman–Crippen MR) is 125 cm³/mol. The molecule has 2 nitrogen and oxygen atoms in total. The molecule has 0 amide bonds. The maximum Gasteiger partial charge on any atom is 0.220 e. The Kier molecular flexibility index (Phi) is 14.8. The molecule has 0 saturated carbocycles. The zero-order chi connectivity index (χ0) is 20.1. The Morgan fingerprint density at radius 1 is 0.846 bits per heavy atom. The first-order chi connectivity index (χ1) is 12.2. The molecule has 1 atom stereocenters. The summed E-state index contributed by atoms with van der Waals surface area (Å²) in [5, 5.41) is 2.55. The largest absolute Gasteiger partial charge is 0.342 e. The monoisotopic (exact) mass is 403 g/mol. The third kappa shape index (κ3) is 11.4. The minimum atomic E-state index is -1.77. The lowest BCUT2D eigenvalue weighted by Crippen LogP contribution is -2.50. The van der Waals surface area contributed by atoms with E-state index >= 15 is 0 Å². The lowest BCUT2D eigenvalue weighted by molar-refractivity contribution is -0.104. The highest BCUT2D eigenvalue weighted by atomic mass is 32.1. The molecule has 0 aliphatic carbocycles. The van der Waals surface area contributed by atoms with Crippen molar-refractivity contribution < 1.29 is 4.53 Å². The van der Waals surface area contributed by atoms with Crippen molar-refractivity contribution in [2.75, 3.05) is 12.3 Å². The molecule has 0 aromatic heterocycles. The first kappa shape index (κ1) is 26.5. The minimum absolute atomic E-state index is 0.248. The molecule has 0 fully saturated rings. The summed E-state index contributed by atoms with van der Waals surface area (Å²) in [6, 6.07) is 0.436. The van der Waals surface area contributed by atoms with Gasteiger partial charge in [0.05, 0.1) is 0 Å². The van der Waals surface area contributed by atoms with E-state index < -0.39 is 8.32 Å². The maximum absolute atomic E-state index is 6.65. The van der Waals surface area contributed by atoms with Crippen molar-refractivity contribution in [1.29, 1.82) is 0 Å². The summed E-state index contributed by atoms with van der Waals surface area (Å²) in [5.74, 6) is 0.878. The summed E-state index contributed by atoms with van der Waals surface area (Å²) in [7, 11) is -1.77. The molecule has 0 heterocycles. The van der Waals surface area contributed by atoms with Crippen molar-refractivity contribution in [3.8, 4) is 0 Å². The van der Waals surface area contributed by atoms with Gasteiger partial charge in [0.15, 0.2) is 0 Å². The molecule has 0 aliphatic heterocycles. The van der Waals surface area contributed by atoms with Gasteiger partial charge in [-0.1, -0.05) is 92.4 Å². The lowest BCUT2D eigenvalue weighted by Gasteiger charge is -2.42. The van der Waals surface area contributed by atoms with Gasteiger partial charge in [-0.05, 0) is 31.0 Å². The van der Waals surface area contributed by atoms with Crippen LogP contribution in [0.25, 0.3) is 0 Å². The van der Waals surface area contributed by atoms with Gasteiger partial charge < -0.3 is 4.53 Å². The number of hydrogen-bond donors (Lipinski definition) is 1. The van der Waals surface area contributed by atoms with Gasteiger partial charge in [-0.2, -0.15) is 17.7 Å². The molecule has 0 radical (unpaired) electrons. The van der Waals surface area contributed by atoms with Gasteiger partial charge in [-0.15, -0.1) is 0 Å². The number of unbranched alkanes of at least 4 members (excludes halogenated alkanes) is 9. The summed E-state index contributed by atoms with van der Waals surface area (Å²) in [6.45, 7) is 17.3. The van der Waals surface area contributed by atoms with Gasteiger partial charge in [0.2, 0.25) is 8.32 Å². The molecular formula is C22H49NOSSi. The Labute approximate surface area is 172 Å². The van der Waals surface area contributed by atoms with Crippen LogP contribution >= 0.6 is 12.6 Å². The molecule has 0 bridgehead atoms. The normalized spacial score (nSPS) is 14.2. The van der Waals surface area contributed by atoms with Crippen molar-refractivity contribution in [2.24, 2.45) is 0 Å². The van der Waals surface area contributed by atoms with Crippen LogP contribution in [0.3, 0.4) is 0 Å². The number of thiol groups is 1. The van der Waals surface area contributed by atoms with E-state index in [9.17, 15) is 0 Å². The second-order valence-electron chi connectivity index (χ2n) is 9.42. The molecule has 1 unspecified atom stereocenters. The highest BCUT2D eigenvalue weighted by Gasteiger charge is 2.40. The van der Waals surface area contributed by atoms with Crippen LogP contribution in [0.1, 0.15) is 105 Å². The van der Waals surface area contributed by atoms with Crippen LogP contribution in [0.5, 0.6) is 0 Å². The van der Waals surface area contributed by atoms with E-state index in [4.69, 9.17) is 4.53 Å². The molecule has 4 heteroatoms. The quantitative estimate of drug-likeness (QED) is 0.122. The highest BCUT2D eigenvalue weighted by molar-refractivity contribution is 7.80. The van der Waals surface area contributed by atoms with Gasteiger partial charge >= 0.3 is 0 Å². The Hall–Kier alpha value is 0.487. The SMILES string of the molecule is CCCCCCCCCCCCN(O[Si](C)(C)C(C)(C)C)C(CC)CS. The van der Waals surface area contributed by atoms with E-state index in [2.05, 4.69) is 65.4 Å². The smallest absolute Gasteiger partial charge is 0.220 e. The fourth-order valence-electron chi connectivity index (χ4n) is 2.91. The molecule has 0 aromatic rings. The minimum Gasteiger partial charge on any atom is -0.342 e. The first-order valence-electron chi connectivity index (χ1n) is 11.3. The van der Waals surface area contributed by atoms with Crippen LogP contribution in [0.15, 0.2) is 0 Å². The van der Waals surface area contributed by atoms with E-state index in [-0.39, 0.29) is 5.04 Å². The van der Waals surface area contributed by atoms with Gasteiger partial charge in [0.25, 0.3) is 0 Å². The summed E-state index contributed by atoms with van der Waals surface area (Å²) < 4.78 is 6.65. The van der Waals surface area contributed by atoms with Gasteiger partial charge in [-0.25, -0.2) is 0 Å². The second-order valence-corrected chi connectivity index (χ2v) is 14.5. The van der Waals surface area contributed by atoms with Crippen LogP contribution in [-0.2, 0) is 4.53 Å². The Bertz CT molecular complexity index is 327. The molecule has 158 valence electrons. The summed E-state index contributed by atoms with van der Waals surface area (Å²) in [6.07, 6.45) is 14.9. The summed E-state index contributed by atoms with van der Waals surface area (Å²) in [5.41, 5.74) is 0. The summed E-state index contributed by atoms with van der Waals surface area (Å²) in [4.78, 5) is 0. The molecule has 0 N–H and O–H groups in total. The first-order valence-corrected chi connectivity index (χ1v) is 14.8. The van der Waals surface area contributed by atoms with E-state index in [1.165, 1.54) is 64.2 Å². The predicted octanol–water partition coefficient (Wildman–Crippen LogP) is 7.85. The number of rotatable bonds is 16. The van der Waals surface area contributed by atoms with E-state index in [1.807, 2.05) is 0 Å². The zero-order valence-electron chi connectivity index (χ0n) is 19.1. The van der Waals surface area contributed by atoms with Gasteiger partial charge in [-0.3, -0.25) is 0 Å². The van der Waals surface area contributed by atoms with Crippen molar-refractivity contribution in [3.05, 3.63) is 0 Å². The topological polar surface area (TPSA) is 12.5 Å². The fraction of sp³-hybridized carbons (Fsp3) is 1.00. The van der Waals surface area contributed by atoms with Crippen LogP contribution in [0.4, 0.5) is 0 Å². The molecule has 0 aliphatic rings. The van der Waals surface area contributed by atoms with Gasteiger partial charge in [0, 0.05) is 18.3 Å². The summed E-state index contributed by atoms with van der Waals surface area (Å²) >= 11 is 4.58. The molecular weight excluding hydrogens is 354 g/mol. The van der Waals surface area contributed by atoms with Crippen molar-refractivity contribution in [3.63, 3.8) is 0 Å². The zero-order valence-corrected chi connectivity index (χ0v) is 21.0. The van der Waals surface area contributed by atoms with Crippen molar-refractivity contribution >= 4 is 20.9 Å². The number of hydrogen-bond acceptors (Lipinski definition) is 3. The maximum atomic E-state index is 6.65. The molecule has 26 heavy (non-hydrogen) atoms. The Morgan fingerprint density at radius 3 is 1.69 bits per heavy atom. The van der Waals surface area contributed by atoms with Crippen molar-refractivity contribution in [2.45, 2.75) is 129 Å². The third-order valence-corrected chi connectivity index (χ3v) is 10.7. The van der Waals surface area contributed by atoms with Crippen LogP contribution < -0.4 is 0 Å². The molecule has 0 aromatic carbocycles. The van der Waals surface area contributed by atoms with E-state index in [0.29, 0.717) is 6.04 Å². The Morgan fingerprint density at radius 2 is 1.31 bits per heavy atom. The van der Waals surface area contributed by atoms with Crippen molar-refractivity contribution in [1.82, 2.24) is 5.06 Å². The molecule has 0 saturated heterocycles. The number of hydroxylamine groups is 2. The molecule has 0 rings (SSSR count). The molecule has 0 spiro atoms. The third-order valence-electron chi connectivity index (χ3n) is 5.97. The van der Waals surface area contributed by atoms with Crippen LogP contribution in [0, 0.1) is 0 Å². The Balaban J connectivity index is 4.18. The van der Waals surface area contributed by atoms with E-state index in [1.54, 1.807) is 0 Å². The highest BCUT2D eigenvalue weighted by Crippen LogP contribution is 2.37. The average molecular weight is 404 g/mol.